The molecular formula is C25H37NO3Si. The number of ether oxygens (including phenoxy) is 1. The number of hydrogen-bond acceptors (Lipinski definition) is 3. The van der Waals surface area contributed by atoms with Gasteiger partial charge in [0.2, 0.25) is 0 Å². The molecule has 2 aromatic rings. The monoisotopic (exact) mass is 427 g/mol. The number of hydrogen-bond donors (Lipinski definition) is 0. The van der Waals surface area contributed by atoms with E-state index in [-0.39, 0.29) is 10.9 Å². The highest BCUT2D eigenvalue weighted by Crippen LogP contribution is 2.37. The maximum absolute atomic E-state index is 12.7. The van der Waals surface area contributed by atoms with Crippen molar-refractivity contribution >= 4 is 14.2 Å². The van der Waals surface area contributed by atoms with Crippen LogP contribution < -0.4 is 4.74 Å². The van der Waals surface area contributed by atoms with Crippen LogP contribution in [-0.4, -0.2) is 32.2 Å². The highest BCUT2D eigenvalue weighted by atomic mass is 28.4. The summed E-state index contributed by atoms with van der Waals surface area (Å²) in [5.41, 5.74) is 2.84. The van der Waals surface area contributed by atoms with E-state index in [1.165, 1.54) is 5.56 Å². The van der Waals surface area contributed by atoms with Crippen LogP contribution in [0, 0.1) is 0 Å². The molecule has 0 aromatic heterocycles. The highest BCUT2D eigenvalue weighted by molar-refractivity contribution is 6.74. The van der Waals surface area contributed by atoms with Crippen molar-refractivity contribution in [3.05, 3.63) is 65.2 Å². The standard InChI is InChI=1S/C25H37NO3Si/c1-8-26(9-2)24(27)22-12-10-11-13-23(22)28-18-20-14-16-21(17-15-20)19-29-30(6,7)25(3,4)5/h10-17H,8-9,18-19H2,1-7H3. The summed E-state index contributed by atoms with van der Waals surface area (Å²) in [6, 6.07) is 15.8. The second-order valence-corrected chi connectivity index (χ2v) is 13.9. The average Bonchev–Trinajstić information content (AvgIpc) is 2.71. The molecule has 0 fully saturated rings. The molecule has 0 bridgehead atoms. The van der Waals surface area contributed by atoms with Gasteiger partial charge in [0.25, 0.3) is 5.91 Å². The maximum atomic E-state index is 12.7. The lowest BCUT2D eigenvalue weighted by atomic mass is 10.1. The number of carbonyl (C=O) groups excluding carboxylic acids is 1. The zero-order valence-corrected chi connectivity index (χ0v) is 20.6. The molecule has 0 N–H and O–H groups in total. The number of carbonyl (C=O) groups is 1. The first-order chi connectivity index (χ1) is 14.1. The van der Waals surface area contributed by atoms with Crippen molar-refractivity contribution in [2.75, 3.05) is 13.1 Å². The van der Waals surface area contributed by atoms with Crippen molar-refractivity contribution in [3.63, 3.8) is 0 Å². The van der Waals surface area contributed by atoms with E-state index >= 15 is 0 Å². The SMILES string of the molecule is CCN(CC)C(=O)c1ccccc1OCc1ccc(CO[Si](C)(C)C(C)(C)C)cc1. The Bertz CT molecular complexity index is 821. The van der Waals surface area contributed by atoms with Gasteiger partial charge in [-0.15, -0.1) is 0 Å². The van der Waals surface area contributed by atoms with Gasteiger partial charge in [-0.05, 0) is 55.2 Å². The molecule has 2 rings (SSSR count). The van der Waals surface area contributed by atoms with Crippen LogP contribution in [0.25, 0.3) is 0 Å². The molecule has 0 atom stereocenters. The van der Waals surface area contributed by atoms with E-state index in [1.54, 1.807) is 4.90 Å². The van der Waals surface area contributed by atoms with Crippen LogP contribution in [0.3, 0.4) is 0 Å². The van der Waals surface area contributed by atoms with Crippen molar-refractivity contribution < 1.29 is 14.0 Å². The Morgan fingerprint density at radius 2 is 1.43 bits per heavy atom. The second kappa shape index (κ2) is 10.3. The van der Waals surface area contributed by atoms with Crippen molar-refractivity contribution in [2.24, 2.45) is 0 Å². The molecule has 0 unspecified atom stereocenters. The van der Waals surface area contributed by atoms with Gasteiger partial charge in [0.15, 0.2) is 8.32 Å². The Morgan fingerprint density at radius 1 is 0.900 bits per heavy atom. The van der Waals surface area contributed by atoms with Crippen LogP contribution in [0.5, 0.6) is 5.75 Å². The molecule has 0 aliphatic rings. The highest BCUT2D eigenvalue weighted by Gasteiger charge is 2.36. The van der Waals surface area contributed by atoms with E-state index < -0.39 is 8.32 Å². The topological polar surface area (TPSA) is 38.8 Å². The molecule has 0 spiro atoms. The Labute approximate surface area is 183 Å². The summed E-state index contributed by atoms with van der Waals surface area (Å²) in [6.45, 7) is 17.7. The van der Waals surface area contributed by atoms with Gasteiger partial charge >= 0.3 is 0 Å². The lowest BCUT2D eigenvalue weighted by Gasteiger charge is -2.36. The van der Waals surface area contributed by atoms with Gasteiger partial charge < -0.3 is 14.1 Å². The van der Waals surface area contributed by atoms with Crippen LogP contribution in [0.4, 0.5) is 0 Å². The maximum Gasteiger partial charge on any atom is 0.257 e. The quantitative estimate of drug-likeness (QED) is 0.443. The first-order valence-corrected chi connectivity index (χ1v) is 13.7. The number of amides is 1. The first-order valence-electron chi connectivity index (χ1n) is 10.8. The molecular weight excluding hydrogens is 390 g/mol. The van der Waals surface area contributed by atoms with Crippen LogP contribution in [-0.2, 0) is 17.6 Å². The molecule has 2 aromatic carbocycles. The third kappa shape index (κ3) is 6.19. The molecule has 5 heteroatoms. The number of rotatable bonds is 9. The molecule has 0 aliphatic carbocycles. The largest absolute Gasteiger partial charge is 0.488 e. The third-order valence-electron chi connectivity index (χ3n) is 5.99. The minimum atomic E-state index is -1.75. The van der Waals surface area contributed by atoms with E-state index in [0.717, 1.165) is 5.56 Å². The van der Waals surface area contributed by atoms with Crippen molar-refractivity contribution in [1.29, 1.82) is 0 Å². The zero-order chi connectivity index (χ0) is 22.4. The second-order valence-electron chi connectivity index (χ2n) is 9.13. The Morgan fingerprint density at radius 3 is 1.97 bits per heavy atom. The number of para-hydroxylation sites is 1. The first kappa shape index (κ1) is 24.2. The van der Waals surface area contributed by atoms with Gasteiger partial charge in [0, 0.05) is 13.1 Å². The molecule has 0 saturated heterocycles. The van der Waals surface area contributed by atoms with E-state index in [2.05, 4.69) is 58.1 Å². The number of nitrogens with zero attached hydrogens (tertiary/aromatic N) is 1. The summed E-state index contributed by atoms with van der Waals surface area (Å²) in [7, 11) is -1.75. The van der Waals surface area contributed by atoms with Gasteiger partial charge in [-0.3, -0.25) is 4.79 Å². The fourth-order valence-electron chi connectivity index (χ4n) is 2.82. The minimum Gasteiger partial charge on any atom is -0.488 e. The molecule has 0 heterocycles. The molecule has 4 nitrogen and oxygen atoms in total. The molecule has 0 radical (unpaired) electrons. The summed E-state index contributed by atoms with van der Waals surface area (Å²) in [5.74, 6) is 0.633. The van der Waals surface area contributed by atoms with Gasteiger partial charge in [-0.2, -0.15) is 0 Å². The third-order valence-corrected chi connectivity index (χ3v) is 10.5. The molecule has 0 saturated carbocycles. The molecule has 164 valence electrons. The number of benzene rings is 2. The molecule has 1 amide bonds. The zero-order valence-electron chi connectivity index (χ0n) is 19.6. The van der Waals surface area contributed by atoms with Crippen LogP contribution in [0.1, 0.15) is 56.1 Å². The Hall–Kier alpha value is -2.11. The Kier molecular flexibility index (Phi) is 8.27. The lowest BCUT2D eigenvalue weighted by molar-refractivity contribution is 0.0768. The summed E-state index contributed by atoms with van der Waals surface area (Å²) >= 11 is 0. The summed E-state index contributed by atoms with van der Waals surface area (Å²) in [6.07, 6.45) is 0. The van der Waals surface area contributed by atoms with Crippen molar-refractivity contribution in [2.45, 2.75) is 66.0 Å². The predicted molar refractivity (Wildman–Crippen MR) is 126 cm³/mol. The average molecular weight is 428 g/mol. The summed E-state index contributed by atoms with van der Waals surface area (Å²) in [4.78, 5) is 14.5. The van der Waals surface area contributed by atoms with Gasteiger partial charge in [0.1, 0.15) is 12.4 Å². The predicted octanol–water partition coefficient (Wildman–Crippen LogP) is 6.27. The van der Waals surface area contributed by atoms with E-state index in [9.17, 15) is 4.79 Å². The molecule has 30 heavy (non-hydrogen) atoms. The molecule has 0 aliphatic heterocycles. The fourth-order valence-corrected chi connectivity index (χ4v) is 3.78. The smallest absolute Gasteiger partial charge is 0.257 e. The van der Waals surface area contributed by atoms with Crippen LogP contribution in [0.2, 0.25) is 18.1 Å². The van der Waals surface area contributed by atoms with Gasteiger partial charge in [-0.25, -0.2) is 0 Å². The van der Waals surface area contributed by atoms with E-state index in [0.29, 0.717) is 37.6 Å². The van der Waals surface area contributed by atoms with E-state index in [1.807, 2.05) is 38.1 Å². The minimum absolute atomic E-state index is 0.00808. The van der Waals surface area contributed by atoms with Crippen molar-refractivity contribution in [3.8, 4) is 5.75 Å². The summed E-state index contributed by atoms with van der Waals surface area (Å²) in [5, 5.41) is 0.205. The van der Waals surface area contributed by atoms with Crippen molar-refractivity contribution in [1.82, 2.24) is 4.90 Å². The lowest BCUT2D eigenvalue weighted by Crippen LogP contribution is -2.40. The fraction of sp³-hybridized carbons (Fsp3) is 0.480. The van der Waals surface area contributed by atoms with Gasteiger partial charge in [0.05, 0.1) is 12.2 Å². The van der Waals surface area contributed by atoms with Crippen LogP contribution >= 0.6 is 0 Å². The van der Waals surface area contributed by atoms with Gasteiger partial charge in [-0.1, -0.05) is 57.2 Å². The van der Waals surface area contributed by atoms with E-state index in [4.69, 9.17) is 9.16 Å². The van der Waals surface area contributed by atoms with Crippen LogP contribution in [0.15, 0.2) is 48.5 Å². The Balaban J connectivity index is 2.00. The normalized spacial score (nSPS) is 12.0. The summed E-state index contributed by atoms with van der Waals surface area (Å²) < 4.78 is 12.3.